The maximum atomic E-state index is 6.23. The summed E-state index contributed by atoms with van der Waals surface area (Å²) in [6.07, 6.45) is 9.39. The van der Waals surface area contributed by atoms with Crippen LogP contribution in [0.5, 0.6) is 0 Å². The van der Waals surface area contributed by atoms with Crippen molar-refractivity contribution >= 4 is 0 Å². The molecular weight excluding hydrogens is 234 g/mol. The van der Waals surface area contributed by atoms with Crippen molar-refractivity contribution < 1.29 is 0 Å². The first-order valence-electron chi connectivity index (χ1n) is 8.27. The molecular formula is C16H31N3. The number of rotatable bonds is 3. The average Bonchev–Trinajstić information content (AvgIpc) is 2.92. The third-order valence-corrected chi connectivity index (χ3v) is 5.92. The molecule has 110 valence electrons. The van der Waals surface area contributed by atoms with Crippen molar-refractivity contribution in [3.8, 4) is 0 Å². The Labute approximate surface area is 118 Å². The van der Waals surface area contributed by atoms with Crippen molar-refractivity contribution in [1.82, 2.24) is 10.2 Å². The summed E-state index contributed by atoms with van der Waals surface area (Å²) in [5.41, 5.74) is 6.97. The molecule has 2 saturated heterocycles. The highest BCUT2D eigenvalue weighted by atomic mass is 15.3. The van der Waals surface area contributed by atoms with Crippen LogP contribution in [-0.4, -0.2) is 42.2 Å². The lowest BCUT2D eigenvalue weighted by Gasteiger charge is -2.42. The first-order chi connectivity index (χ1) is 9.05. The first-order valence-corrected chi connectivity index (χ1v) is 8.27. The van der Waals surface area contributed by atoms with Gasteiger partial charge in [0.05, 0.1) is 0 Å². The standard InChI is InChI=1S/C16H31N3/c1-15(2)7-6-13(11-15)18-16(12-17)8-10-19-9-4-3-5-14(16)19/h13-14,18H,3-12,17H2,1-2H3. The Morgan fingerprint density at radius 1 is 1.16 bits per heavy atom. The van der Waals surface area contributed by atoms with Crippen molar-refractivity contribution in [2.75, 3.05) is 19.6 Å². The van der Waals surface area contributed by atoms with Gasteiger partial charge in [0.25, 0.3) is 0 Å². The highest BCUT2D eigenvalue weighted by molar-refractivity contribution is 5.09. The van der Waals surface area contributed by atoms with Gasteiger partial charge in [-0.2, -0.15) is 0 Å². The van der Waals surface area contributed by atoms with E-state index < -0.39 is 0 Å². The predicted molar refractivity (Wildman–Crippen MR) is 80.2 cm³/mol. The zero-order valence-corrected chi connectivity index (χ0v) is 12.8. The molecule has 3 heteroatoms. The number of hydrogen-bond donors (Lipinski definition) is 2. The second kappa shape index (κ2) is 5.01. The molecule has 3 rings (SSSR count). The van der Waals surface area contributed by atoms with Crippen LogP contribution in [0.1, 0.15) is 58.8 Å². The van der Waals surface area contributed by atoms with E-state index >= 15 is 0 Å². The third-order valence-electron chi connectivity index (χ3n) is 5.92. The quantitative estimate of drug-likeness (QED) is 0.821. The SMILES string of the molecule is CC1(C)CCC(NC2(CN)CCN3CCCCC32)C1. The van der Waals surface area contributed by atoms with Gasteiger partial charge in [0.15, 0.2) is 0 Å². The Morgan fingerprint density at radius 2 is 2.00 bits per heavy atom. The molecule has 1 aliphatic carbocycles. The summed E-state index contributed by atoms with van der Waals surface area (Å²) in [5, 5.41) is 4.03. The molecule has 3 nitrogen and oxygen atoms in total. The predicted octanol–water partition coefficient (Wildman–Crippen LogP) is 2.11. The maximum absolute atomic E-state index is 6.23. The molecule has 0 aromatic rings. The smallest absolute Gasteiger partial charge is 0.0475 e. The molecule has 3 fully saturated rings. The number of fused-ring (bicyclic) bond motifs is 1. The molecule has 0 spiro atoms. The average molecular weight is 265 g/mol. The van der Waals surface area contributed by atoms with E-state index in [1.54, 1.807) is 0 Å². The van der Waals surface area contributed by atoms with Crippen LogP contribution in [0.25, 0.3) is 0 Å². The fourth-order valence-electron chi connectivity index (χ4n) is 4.83. The molecule has 0 aromatic carbocycles. The topological polar surface area (TPSA) is 41.3 Å². The molecule has 3 N–H and O–H groups in total. The van der Waals surface area contributed by atoms with E-state index in [1.807, 2.05) is 0 Å². The summed E-state index contributed by atoms with van der Waals surface area (Å²) >= 11 is 0. The zero-order chi connectivity index (χ0) is 13.5. The first kappa shape index (κ1) is 13.8. The van der Waals surface area contributed by atoms with Gasteiger partial charge in [-0.15, -0.1) is 0 Å². The van der Waals surface area contributed by atoms with E-state index in [2.05, 4.69) is 24.1 Å². The van der Waals surface area contributed by atoms with E-state index in [4.69, 9.17) is 5.73 Å². The van der Waals surface area contributed by atoms with Crippen molar-refractivity contribution in [3.63, 3.8) is 0 Å². The van der Waals surface area contributed by atoms with E-state index in [1.165, 1.54) is 58.0 Å². The van der Waals surface area contributed by atoms with E-state index in [0.29, 0.717) is 17.5 Å². The summed E-state index contributed by atoms with van der Waals surface area (Å²) < 4.78 is 0. The molecule has 3 atom stereocenters. The summed E-state index contributed by atoms with van der Waals surface area (Å²) in [5.74, 6) is 0. The molecule has 0 aromatic heterocycles. The monoisotopic (exact) mass is 265 g/mol. The summed E-state index contributed by atoms with van der Waals surface area (Å²) in [7, 11) is 0. The number of nitrogens with zero attached hydrogens (tertiary/aromatic N) is 1. The van der Waals surface area contributed by atoms with Crippen molar-refractivity contribution in [2.45, 2.75) is 76.4 Å². The molecule has 19 heavy (non-hydrogen) atoms. The Balaban J connectivity index is 1.70. The number of hydrogen-bond acceptors (Lipinski definition) is 3. The Morgan fingerprint density at radius 3 is 2.68 bits per heavy atom. The van der Waals surface area contributed by atoms with Gasteiger partial charge in [-0.3, -0.25) is 4.90 Å². The molecule has 1 saturated carbocycles. The second-order valence-electron chi connectivity index (χ2n) is 7.91. The van der Waals surface area contributed by atoms with Crippen LogP contribution in [0, 0.1) is 5.41 Å². The van der Waals surface area contributed by atoms with Crippen LogP contribution < -0.4 is 11.1 Å². The third kappa shape index (κ3) is 2.57. The van der Waals surface area contributed by atoms with Gasteiger partial charge >= 0.3 is 0 Å². The van der Waals surface area contributed by atoms with Gasteiger partial charge in [0, 0.05) is 30.7 Å². The number of nitrogens with one attached hydrogen (secondary N) is 1. The minimum Gasteiger partial charge on any atom is -0.329 e. The largest absolute Gasteiger partial charge is 0.329 e. The summed E-state index contributed by atoms with van der Waals surface area (Å²) in [6, 6.07) is 1.40. The van der Waals surface area contributed by atoms with Gasteiger partial charge < -0.3 is 11.1 Å². The molecule has 0 radical (unpaired) electrons. The molecule has 0 amide bonds. The lowest BCUT2D eigenvalue weighted by Crippen LogP contribution is -2.62. The summed E-state index contributed by atoms with van der Waals surface area (Å²) in [4.78, 5) is 2.70. The highest BCUT2D eigenvalue weighted by Gasteiger charge is 2.48. The van der Waals surface area contributed by atoms with Crippen molar-refractivity contribution in [1.29, 1.82) is 0 Å². The van der Waals surface area contributed by atoms with Crippen LogP contribution in [0.2, 0.25) is 0 Å². The Hall–Kier alpha value is -0.120. The van der Waals surface area contributed by atoms with Crippen LogP contribution in [-0.2, 0) is 0 Å². The lowest BCUT2D eigenvalue weighted by molar-refractivity contribution is 0.131. The van der Waals surface area contributed by atoms with Crippen LogP contribution in [0.3, 0.4) is 0 Å². The van der Waals surface area contributed by atoms with Gasteiger partial charge in [-0.05, 0) is 50.5 Å². The molecule has 3 unspecified atom stereocenters. The van der Waals surface area contributed by atoms with E-state index in [0.717, 1.165) is 6.54 Å². The van der Waals surface area contributed by atoms with Gasteiger partial charge in [-0.1, -0.05) is 20.3 Å². The minimum absolute atomic E-state index is 0.214. The van der Waals surface area contributed by atoms with Crippen LogP contribution in [0.4, 0.5) is 0 Å². The Bertz CT molecular complexity index is 328. The van der Waals surface area contributed by atoms with E-state index in [9.17, 15) is 0 Å². The van der Waals surface area contributed by atoms with Crippen molar-refractivity contribution in [2.24, 2.45) is 11.1 Å². The van der Waals surface area contributed by atoms with Gasteiger partial charge in [-0.25, -0.2) is 0 Å². The molecule has 0 bridgehead atoms. The lowest BCUT2D eigenvalue weighted by atomic mass is 9.84. The van der Waals surface area contributed by atoms with Gasteiger partial charge in [0.1, 0.15) is 0 Å². The van der Waals surface area contributed by atoms with E-state index in [-0.39, 0.29) is 5.54 Å². The number of piperidine rings is 1. The van der Waals surface area contributed by atoms with Crippen LogP contribution in [0.15, 0.2) is 0 Å². The number of nitrogens with two attached hydrogens (primary N) is 1. The highest BCUT2D eigenvalue weighted by Crippen LogP contribution is 2.40. The maximum Gasteiger partial charge on any atom is 0.0475 e. The molecule has 3 aliphatic rings. The van der Waals surface area contributed by atoms with Crippen molar-refractivity contribution in [3.05, 3.63) is 0 Å². The molecule has 2 aliphatic heterocycles. The zero-order valence-electron chi connectivity index (χ0n) is 12.8. The normalized spacial score (nSPS) is 42.5. The second-order valence-corrected chi connectivity index (χ2v) is 7.91. The minimum atomic E-state index is 0.214. The summed E-state index contributed by atoms with van der Waals surface area (Å²) in [6.45, 7) is 8.18. The fraction of sp³-hybridized carbons (Fsp3) is 1.00. The van der Waals surface area contributed by atoms with Crippen LogP contribution >= 0.6 is 0 Å². The Kier molecular flexibility index (Phi) is 3.65. The fourth-order valence-corrected chi connectivity index (χ4v) is 4.83. The molecule has 2 heterocycles. The van der Waals surface area contributed by atoms with Gasteiger partial charge in [0.2, 0.25) is 0 Å².